The van der Waals surface area contributed by atoms with Crippen molar-refractivity contribution in [3.63, 3.8) is 0 Å². The number of aryl methyl sites for hydroxylation is 1. The molecule has 0 aliphatic heterocycles. The van der Waals surface area contributed by atoms with Crippen LogP contribution in [-0.2, 0) is 6.54 Å². The Labute approximate surface area is 88.1 Å². The average molecular weight is 209 g/mol. The summed E-state index contributed by atoms with van der Waals surface area (Å²) in [4.78, 5) is 22.8. The molecule has 0 atom stereocenters. The van der Waals surface area contributed by atoms with Crippen LogP contribution in [0.3, 0.4) is 0 Å². The second-order valence-corrected chi connectivity index (χ2v) is 3.50. The fourth-order valence-corrected chi connectivity index (χ4v) is 1.13. The maximum absolute atomic E-state index is 11.5. The molecule has 1 rings (SSSR count). The number of carbonyl (C=O) groups excluding carboxylic acids is 1. The van der Waals surface area contributed by atoms with Gasteiger partial charge in [-0.05, 0) is 26.8 Å². The van der Waals surface area contributed by atoms with Crippen LogP contribution in [0.2, 0.25) is 0 Å². The molecule has 1 aromatic rings. The first-order valence-corrected chi connectivity index (χ1v) is 4.93. The van der Waals surface area contributed by atoms with E-state index in [1.807, 2.05) is 13.8 Å². The van der Waals surface area contributed by atoms with Gasteiger partial charge in [-0.2, -0.15) is 5.10 Å². The van der Waals surface area contributed by atoms with E-state index in [0.29, 0.717) is 6.54 Å². The molecule has 1 N–H and O–H groups in total. The lowest BCUT2D eigenvalue weighted by Gasteiger charge is -2.08. The molecule has 1 aromatic heterocycles. The predicted octanol–water partition coefficient (Wildman–Crippen LogP) is 0.401. The number of carbonyl (C=O) groups is 1. The van der Waals surface area contributed by atoms with Gasteiger partial charge in [-0.15, -0.1) is 0 Å². The molecule has 0 fully saturated rings. The van der Waals surface area contributed by atoms with Crippen molar-refractivity contribution in [2.75, 3.05) is 0 Å². The Balaban J connectivity index is 2.96. The van der Waals surface area contributed by atoms with Gasteiger partial charge in [0.2, 0.25) is 0 Å². The quantitative estimate of drug-likeness (QED) is 0.783. The third-order valence-electron chi connectivity index (χ3n) is 1.82. The van der Waals surface area contributed by atoms with Crippen molar-refractivity contribution in [3.8, 4) is 0 Å². The number of hydrogen-bond acceptors (Lipinski definition) is 3. The molecule has 0 saturated heterocycles. The molecule has 0 aliphatic carbocycles. The Bertz CT molecular complexity index is 409. The van der Waals surface area contributed by atoms with Crippen LogP contribution in [0, 0.1) is 0 Å². The van der Waals surface area contributed by atoms with E-state index in [0.717, 1.165) is 0 Å². The van der Waals surface area contributed by atoms with Gasteiger partial charge in [-0.3, -0.25) is 9.59 Å². The summed E-state index contributed by atoms with van der Waals surface area (Å²) in [5.41, 5.74) is 0.0729. The average Bonchev–Trinajstić information content (AvgIpc) is 2.17. The minimum atomic E-state index is -0.257. The Kier molecular flexibility index (Phi) is 3.60. The first-order chi connectivity index (χ1) is 7.04. The number of nitrogens with one attached hydrogen (secondary N) is 1. The molecule has 0 aliphatic rings. The monoisotopic (exact) mass is 209 g/mol. The number of nitrogens with zero attached hydrogens (tertiary/aromatic N) is 2. The Morgan fingerprint density at radius 3 is 2.73 bits per heavy atom. The molecule has 0 saturated carbocycles. The van der Waals surface area contributed by atoms with Crippen molar-refractivity contribution in [2.24, 2.45) is 0 Å². The highest BCUT2D eigenvalue weighted by atomic mass is 16.2. The predicted molar refractivity (Wildman–Crippen MR) is 56.8 cm³/mol. The van der Waals surface area contributed by atoms with Crippen molar-refractivity contribution in [1.82, 2.24) is 15.1 Å². The molecule has 82 valence electrons. The highest BCUT2D eigenvalue weighted by Gasteiger charge is 2.09. The standard InChI is InChI=1S/C10H15N3O2/c1-4-13-9(14)6-5-8(12-13)10(15)11-7(2)3/h5-7H,4H2,1-3H3,(H,11,15). The van der Waals surface area contributed by atoms with E-state index < -0.39 is 0 Å². The zero-order valence-electron chi connectivity index (χ0n) is 9.15. The van der Waals surface area contributed by atoms with Gasteiger partial charge in [-0.1, -0.05) is 0 Å². The third kappa shape index (κ3) is 2.90. The first-order valence-electron chi connectivity index (χ1n) is 4.93. The van der Waals surface area contributed by atoms with Crippen LogP contribution in [-0.4, -0.2) is 21.7 Å². The van der Waals surface area contributed by atoms with Crippen molar-refractivity contribution in [3.05, 3.63) is 28.2 Å². The van der Waals surface area contributed by atoms with Crippen molar-refractivity contribution >= 4 is 5.91 Å². The van der Waals surface area contributed by atoms with Gasteiger partial charge in [0.05, 0.1) is 0 Å². The van der Waals surface area contributed by atoms with Crippen LogP contribution in [0.15, 0.2) is 16.9 Å². The molecule has 0 aromatic carbocycles. The number of rotatable bonds is 3. The van der Waals surface area contributed by atoms with Crippen LogP contribution in [0.1, 0.15) is 31.3 Å². The second kappa shape index (κ2) is 4.72. The van der Waals surface area contributed by atoms with E-state index in [9.17, 15) is 9.59 Å². The molecule has 5 heteroatoms. The molecule has 15 heavy (non-hydrogen) atoms. The summed E-state index contributed by atoms with van der Waals surface area (Å²) in [6, 6.07) is 2.85. The fourth-order valence-electron chi connectivity index (χ4n) is 1.13. The highest BCUT2D eigenvalue weighted by molar-refractivity contribution is 5.92. The van der Waals surface area contributed by atoms with Crippen molar-refractivity contribution < 1.29 is 4.79 Å². The lowest BCUT2D eigenvalue weighted by molar-refractivity contribution is 0.0935. The van der Waals surface area contributed by atoms with Gasteiger partial charge in [0, 0.05) is 18.7 Å². The molecule has 1 amide bonds. The molecule has 0 unspecified atom stereocenters. The largest absolute Gasteiger partial charge is 0.348 e. The highest BCUT2D eigenvalue weighted by Crippen LogP contribution is 1.92. The zero-order valence-corrected chi connectivity index (χ0v) is 9.15. The van der Waals surface area contributed by atoms with Gasteiger partial charge >= 0.3 is 0 Å². The van der Waals surface area contributed by atoms with Crippen molar-refractivity contribution in [2.45, 2.75) is 33.4 Å². The normalized spacial score (nSPS) is 10.4. The van der Waals surface area contributed by atoms with E-state index in [2.05, 4.69) is 10.4 Å². The van der Waals surface area contributed by atoms with E-state index >= 15 is 0 Å². The maximum atomic E-state index is 11.5. The van der Waals surface area contributed by atoms with E-state index in [1.54, 1.807) is 6.92 Å². The lowest BCUT2D eigenvalue weighted by Crippen LogP contribution is -2.33. The molecule has 5 nitrogen and oxygen atoms in total. The minimum Gasteiger partial charge on any atom is -0.348 e. The fraction of sp³-hybridized carbons (Fsp3) is 0.500. The van der Waals surface area contributed by atoms with Crippen LogP contribution in [0.4, 0.5) is 0 Å². The van der Waals surface area contributed by atoms with Crippen LogP contribution < -0.4 is 10.9 Å². The van der Waals surface area contributed by atoms with Crippen molar-refractivity contribution in [1.29, 1.82) is 0 Å². The van der Waals surface area contributed by atoms with Gasteiger partial charge < -0.3 is 5.32 Å². The maximum Gasteiger partial charge on any atom is 0.271 e. The second-order valence-electron chi connectivity index (χ2n) is 3.50. The van der Waals surface area contributed by atoms with E-state index in [1.165, 1.54) is 16.8 Å². The minimum absolute atomic E-state index is 0.0568. The summed E-state index contributed by atoms with van der Waals surface area (Å²) < 4.78 is 1.26. The van der Waals surface area contributed by atoms with Crippen LogP contribution in [0.25, 0.3) is 0 Å². The molecular weight excluding hydrogens is 194 g/mol. The molecule has 1 heterocycles. The summed E-state index contributed by atoms with van der Waals surface area (Å²) in [6.45, 7) is 6.00. The summed E-state index contributed by atoms with van der Waals surface area (Å²) in [5.74, 6) is -0.257. The number of amides is 1. The Hall–Kier alpha value is -1.65. The first kappa shape index (κ1) is 11.4. The van der Waals surface area contributed by atoms with Gasteiger partial charge in [0.1, 0.15) is 5.69 Å². The molecule has 0 radical (unpaired) electrons. The zero-order chi connectivity index (χ0) is 11.4. The smallest absolute Gasteiger partial charge is 0.271 e. The summed E-state index contributed by atoms with van der Waals surface area (Å²) in [6.07, 6.45) is 0. The molecule has 0 bridgehead atoms. The number of hydrogen-bond donors (Lipinski definition) is 1. The summed E-state index contributed by atoms with van der Waals surface area (Å²) in [5, 5.41) is 6.65. The van der Waals surface area contributed by atoms with Crippen LogP contribution >= 0.6 is 0 Å². The lowest BCUT2D eigenvalue weighted by atomic mass is 10.3. The summed E-state index contributed by atoms with van der Waals surface area (Å²) in [7, 11) is 0. The SMILES string of the molecule is CCn1nc(C(=O)NC(C)C)ccc1=O. The number of aromatic nitrogens is 2. The van der Waals surface area contributed by atoms with Crippen LogP contribution in [0.5, 0.6) is 0 Å². The van der Waals surface area contributed by atoms with Gasteiger partial charge in [0.15, 0.2) is 0 Å². The van der Waals surface area contributed by atoms with E-state index in [4.69, 9.17) is 0 Å². The Morgan fingerprint density at radius 1 is 1.53 bits per heavy atom. The van der Waals surface area contributed by atoms with Gasteiger partial charge in [-0.25, -0.2) is 4.68 Å². The topological polar surface area (TPSA) is 64.0 Å². The summed E-state index contributed by atoms with van der Waals surface area (Å²) >= 11 is 0. The molecular formula is C10H15N3O2. The molecule has 0 spiro atoms. The van der Waals surface area contributed by atoms with E-state index in [-0.39, 0.29) is 23.2 Å². The van der Waals surface area contributed by atoms with Gasteiger partial charge in [0.25, 0.3) is 11.5 Å². The Morgan fingerprint density at radius 2 is 2.20 bits per heavy atom. The third-order valence-corrected chi connectivity index (χ3v) is 1.82.